The van der Waals surface area contributed by atoms with Crippen molar-refractivity contribution in [2.45, 2.75) is 63.1 Å². The van der Waals surface area contributed by atoms with E-state index in [1.54, 1.807) is 11.4 Å². The molecule has 1 aliphatic rings. The molecule has 9 heteroatoms. The predicted octanol–water partition coefficient (Wildman–Crippen LogP) is 4.27. The number of piperidine rings is 1. The average Bonchev–Trinajstić information content (AvgIpc) is 3.28. The molecule has 3 rings (SSSR count). The summed E-state index contributed by atoms with van der Waals surface area (Å²) in [7, 11) is -3.58. The van der Waals surface area contributed by atoms with Crippen molar-refractivity contribution in [3.05, 3.63) is 22.0 Å². The maximum Gasteiger partial charge on any atom is 0.265 e. The Hall–Kier alpha value is -1.29. The van der Waals surface area contributed by atoms with Gasteiger partial charge in [0.2, 0.25) is 0 Å². The van der Waals surface area contributed by atoms with E-state index in [-0.39, 0.29) is 10.1 Å². The van der Waals surface area contributed by atoms with Crippen LogP contribution in [0.1, 0.15) is 61.8 Å². The van der Waals surface area contributed by atoms with E-state index < -0.39 is 15.6 Å². The van der Waals surface area contributed by atoms with E-state index in [2.05, 4.69) is 9.71 Å². The average molecular weight is 442 g/mol. The highest BCUT2D eigenvalue weighted by Crippen LogP contribution is 2.34. The fraction of sp³-hybridized carbons (Fsp3) is 0.579. The summed E-state index contributed by atoms with van der Waals surface area (Å²) >= 11 is 2.52. The second-order valence-electron chi connectivity index (χ2n) is 7.78. The van der Waals surface area contributed by atoms with Crippen molar-refractivity contribution in [1.82, 2.24) is 14.6 Å². The molecule has 1 amide bonds. The van der Waals surface area contributed by atoms with Gasteiger partial charge in [-0.2, -0.15) is 0 Å². The van der Waals surface area contributed by atoms with Crippen LogP contribution < -0.4 is 4.72 Å². The van der Waals surface area contributed by atoms with E-state index in [1.165, 1.54) is 29.1 Å². The number of rotatable bonds is 6. The van der Waals surface area contributed by atoms with Crippen LogP contribution in [-0.4, -0.2) is 42.8 Å². The second-order valence-corrected chi connectivity index (χ2v) is 11.6. The summed E-state index contributed by atoms with van der Waals surface area (Å²) in [5.41, 5.74) is 0.941. The zero-order valence-corrected chi connectivity index (χ0v) is 19.2. The summed E-state index contributed by atoms with van der Waals surface area (Å²) in [6.07, 6.45) is 3.95. The van der Waals surface area contributed by atoms with Gasteiger partial charge < -0.3 is 4.90 Å². The molecule has 0 radical (unpaired) electrons. The Bertz CT molecular complexity index is 954. The molecular weight excluding hydrogens is 414 g/mol. The molecule has 0 aliphatic carbocycles. The minimum Gasteiger partial charge on any atom is -0.338 e. The lowest BCUT2D eigenvalue weighted by molar-refractivity contribution is 0.0728. The first-order valence-corrected chi connectivity index (χ1v) is 12.7. The molecule has 1 fully saturated rings. The van der Waals surface area contributed by atoms with Crippen LogP contribution in [0.15, 0.2) is 15.7 Å². The number of sulfonamides is 1. The summed E-state index contributed by atoms with van der Waals surface area (Å²) in [4.78, 5) is 19.9. The molecule has 1 N–H and O–H groups in total. The van der Waals surface area contributed by atoms with Crippen molar-refractivity contribution in [3.63, 3.8) is 0 Å². The van der Waals surface area contributed by atoms with E-state index in [4.69, 9.17) is 0 Å². The van der Waals surface area contributed by atoms with Crippen LogP contribution in [0.2, 0.25) is 0 Å². The molecule has 6 nitrogen and oxygen atoms in total. The molecule has 0 aromatic carbocycles. The lowest BCUT2D eigenvalue weighted by Gasteiger charge is -2.26. The Morgan fingerprint density at radius 2 is 1.96 bits per heavy atom. The fourth-order valence-electron chi connectivity index (χ4n) is 3.01. The van der Waals surface area contributed by atoms with E-state index >= 15 is 0 Å². The van der Waals surface area contributed by atoms with Crippen molar-refractivity contribution in [2.75, 3.05) is 13.1 Å². The van der Waals surface area contributed by atoms with Gasteiger partial charge in [-0.1, -0.05) is 6.92 Å². The Morgan fingerprint density at radius 3 is 2.61 bits per heavy atom. The van der Waals surface area contributed by atoms with Gasteiger partial charge in [-0.3, -0.25) is 4.79 Å². The molecule has 0 unspecified atom stereocenters. The summed E-state index contributed by atoms with van der Waals surface area (Å²) in [5, 5.41) is 2.48. The number of hydrogen-bond donors (Lipinski definition) is 1. The van der Waals surface area contributed by atoms with Crippen molar-refractivity contribution >= 4 is 38.6 Å². The Labute approximate surface area is 175 Å². The van der Waals surface area contributed by atoms with E-state index in [0.717, 1.165) is 31.5 Å². The van der Waals surface area contributed by atoms with Crippen LogP contribution in [-0.2, 0) is 10.0 Å². The molecular formula is C19H27N3O3S3. The Kier molecular flexibility index (Phi) is 6.29. The molecule has 1 aliphatic heterocycles. The summed E-state index contributed by atoms with van der Waals surface area (Å²) in [6, 6.07) is 1.65. The van der Waals surface area contributed by atoms with Gasteiger partial charge in [-0.05, 0) is 52.5 Å². The summed E-state index contributed by atoms with van der Waals surface area (Å²) in [6.45, 7) is 9.11. The normalized spacial score (nSPS) is 15.8. The number of carbonyl (C=O) groups excluding carboxylic acids is 1. The number of thiophene rings is 1. The maximum absolute atomic E-state index is 12.8. The zero-order chi connectivity index (χ0) is 20.5. The quantitative estimate of drug-likeness (QED) is 0.726. The SMILES string of the molecule is CCC(C)(C)NS(=O)(=O)c1cc(-c2nc(C)c(C(=O)N3CCCCC3)s2)cs1. The van der Waals surface area contributed by atoms with Crippen LogP contribution in [0.3, 0.4) is 0 Å². The first-order valence-electron chi connectivity index (χ1n) is 9.52. The van der Waals surface area contributed by atoms with E-state index in [9.17, 15) is 13.2 Å². The first-order chi connectivity index (χ1) is 13.1. The van der Waals surface area contributed by atoms with Crippen molar-refractivity contribution in [2.24, 2.45) is 0 Å². The maximum atomic E-state index is 12.8. The summed E-state index contributed by atoms with van der Waals surface area (Å²) in [5.74, 6) is 0.0374. The fourth-order valence-corrected chi connectivity index (χ4v) is 6.76. The second kappa shape index (κ2) is 8.22. The molecule has 0 atom stereocenters. The van der Waals surface area contributed by atoms with Gasteiger partial charge >= 0.3 is 0 Å². The standard InChI is InChI=1S/C19H27N3O3S3/c1-5-19(3,4)21-28(24,25)15-11-14(12-26-15)17-20-13(2)16(27-17)18(23)22-9-7-6-8-10-22/h11-12,21H,5-10H2,1-4H3. The lowest BCUT2D eigenvalue weighted by atomic mass is 10.0. The van der Waals surface area contributed by atoms with Gasteiger partial charge in [0.25, 0.3) is 15.9 Å². The van der Waals surface area contributed by atoms with E-state index in [1.807, 2.05) is 32.6 Å². The molecule has 1 saturated heterocycles. The van der Waals surface area contributed by atoms with Gasteiger partial charge in [0.1, 0.15) is 14.1 Å². The van der Waals surface area contributed by atoms with Gasteiger partial charge in [-0.25, -0.2) is 18.1 Å². The van der Waals surface area contributed by atoms with Crippen molar-refractivity contribution in [1.29, 1.82) is 0 Å². The predicted molar refractivity (Wildman–Crippen MR) is 115 cm³/mol. The van der Waals surface area contributed by atoms with Crippen LogP contribution in [0.25, 0.3) is 10.6 Å². The molecule has 28 heavy (non-hydrogen) atoms. The van der Waals surface area contributed by atoms with Crippen LogP contribution in [0.4, 0.5) is 0 Å². The number of hydrogen-bond acceptors (Lipinski definition) is 6. The van der Waals surface area contributed by atoms with Crippen LogP contribution >= 0.6 is 22.7 Å². The number of nitrogens with zero attached hydrogens (tertiary/aromatic N) is 2. The number of likely N-dealkylation sites (tertiary alicyclic amines) is 1. The van der Waals surface area contributed by atoms with Gasteiger partial charge in [-0.15, -0.1) is 22.7 Å². The largest absolute Gasteiger partial charge is 0.338 e. The topological polar surface area (TPSA) is 79.4 Å². The number of nitrogens with one attached hydrogen (secondary N) is 1. The third-order valence-corrected chi connectivity index (χ3v) is 9.35. The minimum atomic E-state index is -3.58. The summed E-state index contributed by atoms with van der Waals surface area (Å²) < 4.78 is 28.3. The zero-order valence-electron chi connectivity index (χ0n) is 16.7. The van der Waals surface area contributed by atoms with Crippen molar-refractivity contribution < 1.29 is 13.2 Å². The molecule has 2 aromatic rings. The Morgan fingerprint density at radius 1 is 1.29 bits per heavy atom. The van der Waals surface area contributed by atoms with Crippen molar-refractivity contribution in [3.8, 4) is 10.6 Å². The molecule has 0 bridgehead atoms. The highest BCUT2D eigenvalue weighted by Gasteiger charge is 2.27. The molecule has 2 aromatic heterocycles. The molecule has 0 saturated carbocycles. The number of aryl methyl sites for hydroxylation is 1. The van der Waals surface area contributed by atoms with Crippen LogP contribution in [0.5, 0.6) is 0 Å². The van der Waals surface area contributed by atoms with Gasteiger partial charge in [0.15, 0.2) is 0 Å². The number of amides is 1. The van der Waals surface area contributed by atoms with Crippen LogP contribution in [0, 0.1) is 6.92 Å². The highest BCUT2D eigenvalue weighted by atomic mass is 32.2. The molecule has 0 spiro atoms. The number of aromatic nitrogens is 1. The lowest BCUT2D eigenvalue weighted by Crippen LogP contribution is -2.42. The smallest absolute Gasteiger partial charge is 0.265 e. The van der Waals surface area contributed by atoms with E-state index in [0.29, 0.717) is 22.0 Å². The highest BCUT2D eigenvalue weighted by molar-refractivity contribution is 7.91. The van der Waals surface area contributed by atoms with Gasteiger partial charge in [0, 0.05) is 29.6 Å². The van der Waals surface area contributed by atoms with Gasteiger partial charge in [0.05, 0.1) is 5.69 Å². The minimum absolute atomic E-state index is 0.0374. The third kappa shape index (κ3) is 4.64. The Balaban J connectivity index is 1.83. The molecule has 3 heterocycles. The monoisotopic (exact) mass is 441 g/mol. The number of thiazole rings is 1. The molecule has 154 valence electrons. The first kappa shape index (κ1) is 21.4. The number of carbonyl (C=O) groups is 1. The third-order valence-electron chi connectivity index (χ3n) is 5.02.